The highest BCUT2D eigenvalue weighted by molar-refractivity contribution is 5.70. The summed E-state index contributed by atoms with van der Waals surface area (Å²) < 4.78 is 11.0. The Morgan fingerprint density at radius 2 is 2.12 bits per heavy atom. The van der Waals surface area contributed by atoms with Crippen molar-refractivity contribution >= 4 is 5.97 Å². The molecule has 2 atom stereocenters. The standard InChI is InChI=1S/C20H22N2O4/c1-13-4-2-6-16(21-13)19(22-9-3-5-15(11-22)20(23)24)14-7-8-17-18(10-14)26-12-25-17/h2,4,6-8,10,15,19H,3,5,9,11-12H2,1H3,(H,23,24). The van der Waals surface area contributed by atoms with Gasteiger partial charge >= 0.3 is 5.97 Å². The third-order valence-electron chi connectivity index (χ3n) is 5.07. The summed E-state index contributed by atoms with van der Waals surface area (Å²) in [6.45, 7) is 3.57. The third kappa shape index (κ3) is 3.24. The highest BCUT2D eigenvalue weighted by atomic mass is 16.7. The molecule has 6 nitrogen and oxygen atoms in total. The van der Waals surface area contributed by atoms with Crippen LogP contribution in [0.25, 0.3) is 0 Å². The van der Waals surface area contributed by atoms with Crippen LogP contribution >= 0.6 is 0 Å². The van der Waals surface area contributed by atoms with Crippen LogP contribution in [0.15, 0.2) is 36.4 Å². The first-order chi connectivity index (χ1) is 12.6. The van der Waals surface area contributed by atoms with Gasteiger partial charge in [0.2, 0.25) is 6.79 Å². The molecule has 2 unspecified atom stereocenters. The summed E-state index contributed by atoms with van der Waals surface area (Å²) in [5, 5.41) is 9.47. The number of pyridine rings is 1. The SMILES string of the molecule is Cc1cccc(C(c2ccc3c(c2)OCO3)N2CCCC(C(=O)O)C2)n1. The smallest absolute Gasteiger partial charge is 0.307 e. The van der Waals surface area contributed by atoms with Crippen LogP contribution in [-0.2, 0) is 4.79 Å². The van der Waals surface area contributed by atoms with Crippen molar-refractivity contribution in [1.29, 1.82) is 0 Å². The van der Waals surface area contributed by atoms with Crippen molar-refractivity contribution < 1.29 is 19.4 Å². The Hall–Kier alpha value is -2.60. The molecular formula is C20H22N2O4. The number of aryl methyl sites for hydroxylation is 1. The van der Waals surface area contributed by atoms with Crippen LogP contribution < -0.4 is 9.47 Å². The van der Waals surface area contributed by atoms with E-state index < -0.39 is 5.97 Å². The number of nitrogens with zero attached hydrogens (tertiary/aromatic N) is 2. The van der Waals surface area contributed by atoms with E-state index in [-0.39, 0.29) is 18.8 Å². The van der Waals surface area contributed by atoms with Crippen molar-refractivity contribution in [1.82, 2.24) is 9.88 Å². The first-order valence-corrected chi connectivity index (χ1v) is 8.92. The highest BCUT2D eigenvalue weighted by Gasteiger charge is 2.32. The Morgan fingerprint density at radius 3 is 2.92 bits per heavy atom. The summed E-state index contributed by atoms with van der Waals surface area (Å²) in [4.78, 5) is 18.5. The average molecular weight is 354 g/mol. The van der Waals surface area contributed by atoms with E-state index in [1.807, 2.05) is 43.3 Å². The number of hydrogen-bond acceptors (Lipinski definition) is 5. The van der Waals surface area contributed by atoms with Crippen LogP contribution in [0.5, 0.6) is 11.5 Å². The lowest BCUT2D eigenvalue weighted by Gasteiger charge is -2.37. The fraction of sp³-hybridized carbons (Fsp3) is 0.400. The van der Waals surface area contributed by atoms with Crippen LogP contribution in [-0.4, -0.2) is 40.8 Å². The lowest BCUT2D eigenvalue weighted by Crippen LogP contribution is -2.41. The number of aliphatic carboxylic acids is 1. The number of hydrogen-bond donors (Lipinski definition) is 1. The lowest BCUT2D eigenvalue weighted by molar-refractivity contribution is -0.143. The number of likely N-dealkylation sites (tertiary alicyclic amines) is 1. The van der Waals surface area contributed by atoms with Gasteiger partial charge in [-0.25, -0.2) is 0 Å². The van der Waals surface area contributed by atoms with Crippen molar-refractivity contribution in [2.24, 2.45) is 5.92 Å². The van der Waals surface area contributed by atoms with E-state index in [0.717, 1.165) is 47.8 Å². The van der Waals surface area contributed by atoms with Gasteiger partial charge in [-0.3, -0.25) is 14.7 Å². The molecule has 26 heavy (non-hydrogen) atoms. The van der Waals surface area contributed by atoms with Crippen LogP contribution in [0.2, 0.25) is 0 Å². The Bertz CT molecular complexity index is 823. The Balaban J connectivity index is 1.73. The molecule has 136 valence electrons. The van der Waals surface area contributed by atoms with Gasteiger partial charge in [0, 0.05) is 12.2 Å². The molecule has 4 rings (SSSR count). The molecule has 0 amide bonds. The molecule has 0 bridgehead atoms. The first-order valence-electron chi connectivity index (χ1n) is 8.92. The summed E-state index contributed by atoms with van der Waals surface area (Å²) in [7, 11) is 0. The number of fused-ring (bicyclic) bond motifs is 1. The number of carbonyl (C=O) groups is 1. The molecule has 6 heteroatoms. The minimum atomic E-state index is -0.726. The second-order valence-electron chi connectivity index (χ2n) is 6.89. The summed E-state index contributed by atoms with van der Waals surface area (Å²) >= 11 is 0. The zero-order valence-corrected chi connectivity index (χ0v) is 14.7. The predicted octanol–water partition coefficient (Wildman–Crippen LogP) is 3.00. The molecule has 2 aliphatic heterocycles. The quantitative estimate of drug-likeness (QED) is 0.910. The van der Waals surface area contributed by atoms with E-state index in [1.54, 1.807) is 0 Å². The van der Waals surface area contributed by atoms with Gasteiger partial charge in [0.1, 0.15) is 0 Å². The van der Waals surface area contributed by atoms with E-state index in [0.29, 0.717) is 6.54 Å². The molecule has 0 spiro atoms. The summed E-state index contributed by atoms with van der Waals surface area (Å²) in [6.07, 6.45) is 1.59. The average Bonchev–Trinajstić information content (AvgIpc) is 3.10. The van der Waals surface area contributed by atoms with Crippen LogP contribution in [0.1, 0.15) is 35.8 Å². The van der Waals surface area contributed by atoms with Crippen molar-refractivity contribution in [3.05, 3.63) is 53.3 Å². The van der Waals surface area contributed by atoms with Crippen molar-refractivity contribution in [3.63, 3.8) is 0 Å². The highest BCUT2D eigenvalue weighted by Crippen LogP contribution is 2.38. The van der Waals surface area contributed by atoms with E-state index in [2.05, 4.69) is 4.90 Å². The van der Waals surface area contributed by atoms with Gasteiger partial charge in [-0.15, -0.1) is 0 Å². The molecule has 2 aromatic rings. The molecule has 0 radical (unpaired) electrons. The molecule has 3 heterocycles. The number of carboxylic acid groups (broad SMARTS) is 1. The largest absolute Gasteiger partial charge is 0.481 e. The maximum absolute atomic E-state index is 11.5. The Kier molecular flexibility index (Phi) is 4.51. The van der Waals surface area contributed by atoms with Gasteiger partial charge in [0.05, 0.1) is 17.7 Å². The van der Waals surface area contributed by atoms with Crippen LogP contribution in [0, 0.1) is 12.8 Å². The van der Waals surface area contributed by atoms with Gasteiger partial charge in [-0.2, -0.15) is 0 Å². The van der Waals surface area contributed by atoms with E-state index in [1.165, 1.54) is 0 Å². The molecule has 0 aliphatic carbocycles. The van der Waals surface area contributed by atoms with Crippen LogP contribution in [0.3, 0.4) is 0 Å². The first kappa shape index (κ1) is 16.8. The predicted molar refractivity (Wildman–Crippen MR) is 95.3 cm³/mol. The fourth-order valence-electron chi connectivity index (χ4n) is 3.81. The second kappa shape index (κ2) is 6.96. The minimum Gasteiger partial charge on any atom is -0.481 e. The van der Waals surface area contributed by atoms with Gasteiger partial charge in [0.25, 0.3) is 0 Å². The lowest BCUT2D eigenvalue weighted by atomic mass is 9.93. The maximum atomic E-state index is 11.5. The number of carboxylic acids is 1. The number of rotatable bonds is 4. The Labute approximate surface area is 152 Å². The monoisotopic (exact) mass is 354 g/mol. The zero-order valence-electron chi connectivity index (χ0n) is 14.7. The number of ether oxygens (including phenoxy) is 2. The van der Waals surface area contributed by atoms with E-state index in [4.69, 9.17) is 14.5 Å². The second-order valence-corrected chi connectivity index (χ2v) is 6.89. The van der Waals surface area contributed by atoms with Crippen LogP contribution in [0.4, 0.5) is 0 Å². The molecular weight excluding hydrogens is 332 g/mol. The molecule has 1 aromatic heterocycles. The normalized spacial score (nSPS) is 20.7. The third-order valence-corrected chi connectivity index (χ3v) is 5.07. The summed E-state index contributed by atoms with van der Waals surface area (Å²) in [5.41, 5.74) is 2.91. The summed E-state index contributed by atoms with van der Waals surface area (Å²) in [6, 6.07) is 11.8. The van der Waals surface area contributed by atoms with Gasteiger partial charge in [0.15, 0.2) is 11.5 Å². The summed E-state index contributed by atoms with van der Waals surface area (Å²) in [5.74, 6) is 0.403. The molecule has 1 aromatic carbocycles. The van der Waals surface area contributed by atoms with Gasteiger partial charge < -0.3 is 14.6 Å². The zero-order chi connectivity index (χ0) is 18.1. The molecule has 1 N–H and O–H groups in total. The fourth-order valence-corrected chi connectivity index (χ4v) is 3.81. The van der Waals surface area contributed by atoms with Crippen molar-refractivity contribution in [2.45, 2.75) is 25.8 Å². The molecule has 1 fully saturated rings. The van der Waals surface area contributed by atoms with Crippen molar-refractivity contribution in [3.8, 4) is 11.5 Å². The van der Waals surface area contributed by atoms with E-state index in [9.17, 15) is 9.90 Å². The molecule has 0 saturated carbocycles. The Morgan fingerprint density at radius 1 is 1.27 bits per heavy atom. The van der Waals surface area contributed by atoms with Gasteiger partial charge in [-0.05, 0) is 56.1 Å². The van der Waals surface area contributed by atoms with Crippen molar-refractivity contribution in [2.75, 3.05) is 19.9 Å². The minimum absolute atomic E-state index is 0.105. The molecule has 1 saturated heterocycles. The number of benzene rings is 1. The topological polar surface area (TPSA) is 71.9 Å². The molecule has 2 aliphatic rings. The van der Waals surface area contributed by atoms with E-state index >= 15 is 0 Å². The number of aromatic nitrogens is 1. The maximum Gasteiger partial charge on any atom is 0.307 e. The number of piperidine rings is 1. The van der Waals surface area contributed by atoms with Gasteiger partial charge in [-0.1, -0.05) is 12.1 Å².